The Morgan fingerprint density at radius 2 is 2.06 bits per heavy atom. The van der Waals surface area contributed by atoms with Crippen LogP contribution in [0.15, 0.2) is 12.3 Å². The third-order valence-corrected chi connectivity index (χ3v) is 3.99. The number of rotatable bonds is 4. The Kier molecular flexibility index (Phi) is 3.46. The number of hydrogen-bond acceptors (Lipinski definition) is 4. The van der Waals surface area contributed by atoms with E-state index < -0.39 is 0 Å². The van der Waals surface area contributed by atoms with Gasteiger partial charge in [-0.1, -0.05) is 0 Å². The molecule has 1 aliphatic carbocycles. The fourth-order valence-corrected chi connectivity index (χ4v) is 2.57. The minimum absolute atomic E-state index is 0.708. The molecule has 1 aromatic heterocycles. The molecule has 0 radical (unpaired) electrons. The van der Waals surface area contributed by atoms with E-state index in [0.717, 1.165) is 24.8 Å². The molecule has 0 bridgehead atoms. The minimum atomic E-state index is 0.708. The van der Waals surface area contributed by atoms with Crippen LogP contribution in [-0.4, -0.2) is 35.9 Å². The van der Waals surface area contributed by atoms with Gasteiger partial charge < -0.3 is 10.2 Å². The van der Waals surface area contributed by atoms with Gasteiger partial charge in [0.15, 0.2) is 5.82 Å². The second-order valence-corrected chi connectivity index (χ2v) is 5.70. The Bertz CT molecular complexity index is 395. The highest BCUT2D eigenvalue weighted by atomic mass is 15.3. The van der Waals surface area contributed by atoms with Gasteiger partial charge in [-0.2, -0.15) is 5.10 Å². The lowest BCUT2D eigenvalue weighted by atomic mass is 10.0. The van der Waals surface area contributed by atoms with E-state index >= 15 is 0 Å². The van der Waals surface area contributed by atoms with Crippen molar-refractivity contribution in [3.63, 3.8) is 0 Å². The van der Waals surface area contributed by atoms with E-state index in [1.54, 1.807) is 0 Å². The molecule has 18 heavy (non-hydrogen) atoms. The summed E-state index contributed by atoms with van der Waals surface area (Å²) in [5.41, 5.74) is 1.19. The van der Waals surface area contributed by atoms with Crippen molar-refractivity contribution in [3.05, 3.63) is 17.8 Å². The predicted molar refractivity (Wildman–Crippen MR) is 72.7 cm³/mol. The van der Waals surface area contributed by atoms with Gasteiger partial charge in [-0.15, -0.1) is 5.10 Å². The molecule has 1 aliphatic heterocycles. The number of piperidine rings is 1. The number of nitrogens with zero attached hydrogens (tertiary/aromatic N) is 3. The molecular weight excluding hydrogens is 224 g/mol. The summed E-state index contributed by atoms with van der Waals surface area (Å²) in [5.74, 6) is 2.02. The van der Waals surface area contributed by atoms with Crippen molar-refractivity contribution < 1.29 is 0 Å². The lowest BCUT2D eigenvalue weighted by Crippen LogP contribution is -2.43. The molecule has 0 spiro atoms. The van der Waals surface area contributed by atoms with Crippen molar-refractivity contribution >= 4 is 5.82 Å². The van der Waals surface area contributed by atoms with E-state index in [4.69, 9.17) is 0 Å². The topological polar surface area (TPSA) is 41.1 Å². The van der Waals surface area contributed by atoms with Crippen LogP contribution in [-0.2, 0) is 0 Å². The molecule has 2 fully saturated rings. The molecule has 2 aliphatic rings. The molecule has 1 saturated heterocycles. The SMILES string of the molecule is Cc1cnnc(N2CCC(NCC3CC3)CC2)c1. The van der Waals surface area contributed by atoms with Crippen molar-refractivity contribution in [3.8, 4) is 0 Å². The van der Waals surface area contributed by atoms with Crippen molar-refractivity contribution in [1.29, 1.82) is 0 Å². The standard InChI is InChI=1S/C14H22N4/c1-11-8-14(17-16-9-11)18-6-4-13(5-7-18)15-10-12-2-3-12/h8-9,12-13,15H,2-7,10H2,1H3. The van der Waals surface area contributed by atoms with Gasteiger partial charge in [0.2, 0.25) is 0 Å². The Morgan fingerprint density at radius 3 is 2.72 bits per heavy atom. The van der Waals surface area contributed by atoms with Crippen LogP contribution in [0, 0.1) is 12.8 Å². The van der Waals surface area contributed by atoms with E-state index in [2.05, 4.69) is 33.4 Å². The van der Waals surface area contributed by atoms with Crippen LogP contribution in [0.1, 0.15) is 31.2 Å². The first-order valence-electron chi connectivity index (χ1n) is 7.09. The van der Waals surface area contributed by atoms with Gasteiger partial charge in [0.25, 0.3) is 0 Å². The molecule has 0 amide bonds. The molecule has 4 heteroatoms. The van der Waals surface area contributed by atoms with Crippen molar-refractivity contribution in [2.75, 3.05) is 24.5 Å². The van der Waals surface area contributed by atoms with Crippen LogP contribution in [0.5, 0.6) is 0 Å². The lowest BCUT2D eigenvalue weighted by Gasteiger charge is -2.33. The first-order valence-corrected chi connectivity index (χ1v) is 7.09. The summed E-state index contributed by atoms with van der Waals surface area (Å²) in [4.78, 5) is 2.36. The number of aryl methyl sites for hydroxylation is 1. The van der Waals surface area contributed by atoms with Gasteiger partial charge in [0, 0.05) is 19.1 Å². The zero-order valence-corrected chi connectivity index (χ0v) is 11.1. The second kappa shape index (κ2) is 5.22. The summed E-state index contributed by atoms with van der Waals surface area (Å²) in [6, 6.07) is 2.84. The Hall–Kier alpha value is -1.16. The maximum atomic E-state index is 4.23. The smallest absolute Gasteiger partial charge is 0.151 e. The third-order valence-electron chi connectivity index (χ3n) is 3.99. The molecule has 1 N–H and O–H groups in total. The third kappa shape index (κ3) is 2.99. The average Bonchev–Trinajstić information content (AvgIpc) is 3.21. The number of aromatic nitrogens is 2. The van der Waals surface area contributed by atoms with E-state index in [1.165, 1.54) is 37.8 Å². The molecule has 2 heterocycles. The highest BCUT2D eigenvalue weighted by Crippen LogP contribution is 2.28. The maximum Gasteiger partial charge on any atom is 0.151 e. The molecule has 98 valence electrons. The highest BCUT2D eigenvalue weighted by Gasteiger charge is 2.24. The first kappa shape index (κ1) is 11.9. The van der Waals surface area contributed by atoms with Gasteiger partial charge in [-0.05, 0) is 56.7 Å². The monoisotopic (exact) mass is 246 g/mol. The maximum absolute atomic E-state index is 4.23. The fraction of sp³-hybridized carbons (Fsp3) is 0.714. The molecule has 1 saturated carbocycles. The van der Waals surface area contributed by atoms with Gasteiger partial charge in [0.1, 0.15) is 0 Å². The van der Waals surface area contributed by atoms with Crippen LogP contribution in [0.25, 0.3) is 0 Å². The molecule has 3 rings (SSSR count). The second-order valence-electron chi connectivity index (χ2n) is 5.70. The van der Waals surface area contributed by atoms with Crippen molar-refractivity contribution in [2.45, 2.75) is 38.6 Å². The van der Waals surface area contributed by atoms with E-state index in [-0.39, 0.29) is 0 Å². The largest absolute Gasteiger partial charge is 0.355 e. The molecular formula is C14H22N4. The highest BCUT2D eigenvalue weighted by molar-refractivity contribution is 5.39. The van der Waals surface area contributed by atoms with Crippen LogP contribution in [0.4, 0.5) is 5.82 Å². The summed E-state index contributed by atoms with van der Waals surface area (Å²) >= 11 is 0. The van der Waals surface area contributed by atoms with Crippen molar-refractivity contribution in [2.24, 2.45) is 5.92 Å². The Morgan fingerprint density at radius 1 is 1.28 bits per heavy atom. The molecule has 4 nitrogen and oxygen atoms in total. The lowest BCUT2D eigenvalue weighted by molar-refractivity contribution is 0.407. The normalized spacial score (nSPS) is 21.3. The summed E-state index contributed by atoms with van der Waals surface area (Å²) in [5, 5.41) is 12.0. The quantitative estimate of drug-likeness (QED) is 0.879. The Balaban J connectivity index is 1.49. The van der Waals surface area contributed by atoms with Crippen LogP contribution < -0.4 is 10.2 Å². The summed E-state index contributed by atoms with van der Waals surface area (Å²) < 4.78 is 0. The van der Waals surface area contributed by atoms with Crippen LogP contribution in [0.2, 0.25) is 0 Å². The van der Waals surface area contributed by atoms with Gasteiger partial charge in [-0.3, -0.25) is 0 Å². The molecule has 0 atom stereocenters. The van der Waals surface area contributed by atoms with Crippen LogP contribution >= 0.6 is 0 Å². The minimum Gasteiger partial charge on any atom is -0.355 e. The number of hydrogen-bond donors (Lipinski definition) is 1. The van der Waals surface area contributed by atoms with E-state index in [9.17, 15) is 0 Å². The van der Waals surface area contributed by atoms with Gasteiger partial charge in [0.05, 0.1) is 6.20 Å². The zero-order chi connectivity index (χ0) is 12.4. The fourth-order valence-electron chi connectivity index (χ4n) is 2.57. The summed E-state index contributed by atoms with van der Waals surface area (Å²) in [7, 11) is 0. The zero-order valence-electron chi connectivity index (χ0n) is 11.1. The average molecular weight is 246 g/mol. The summed E-state index contributed by atoms with van der Waals surface area (Å²) in [6.45, 7) is 5.50. The molecule has 0 unspecified atom stereocenters. The van der Waals surface area contributed by atoms with Crippen molar-refractivity contribution in [1.82, 2.24) is 15.5 Å². The van der Waals surface area contributed by atoms with E-state index in [0.29, 0.717) is 6.04 Å². The van der Waals surface area contributed by atoms with Gasteiger partial charge >= 0.3 is 0 Å². The van der Waals surface area contributed by atoms with Crippen LogP contribution in [0.3, 0.4) is 0 Å². The number of nitrogens with one attached hydrogen (secondary N) is 1. The predicted octanol–water partition coefficient (Wildman–Crippen LogP) is 1.75. The first-order chi connectivity index (χ1) is 8.81. The van der Waals surface area contributed by atoms with Gasteiger partial charge in [-0.25, -0.2) is 0 Å². The molecule has 1 aromatic rings. The molecule has 0 aromatic carbocycles. The summed E-state index contributed by atoms with van der Waals surface area (Å²) in [6.07, 6.45) is 7.13. The number of anilines is 1. The Labute approximate surface area is 109 Å². The van der Waals surface area contributed by atoms with E-state index in [1.807, 2.05) is 6.20 Å².